The lowest BCUT2D eigenvalue weighted by Gasteiger charge is -2.33. The van der Waals surface area contributed by atoms with Crippen molar-refractivity contribution >= 4 is 5.78 Å². The first-order valence-corrected chi connectivity index (χ1v) is 6.49. The van der Waals surface area contributed by atoms with Crippen molar-refractivity contribution in [1.82, 2.24) is 0 Å². The number of rotatable bonds is 3. The maximum atomic E-state index is 12.0. The fourth-order valence-corrected chi connectivity index (χ4v) is 2.88. The van der Waals surface area contributed by atoms with Crippen molar-refractivity contribution in [1.29, 1.82) is 0 Å². The second-order valence-electron chi connectivity index (χ2n) is 4.88. The van der Waals surface area contributed by atoms with Crippen molar-refractivity contribution in [3.05, 3.63) is 35.9 Å². The minimum atomic E-state index is -0.493. The Labute approximate surface area is 103 Å². The Bertz CT molecular complexity index is 372. The topological polar surface area (TPSA) is 37.3 Å². The highest BCUT2D eigenvalue weighted by molar-refractivity contribution is 5.83. The van der Waals surface area contributed by atoms with Crippen molar-refractivity contribution in [3.63, 3.8) is 0 Å². The third-order valence-corrected chi connectivity index (χ3v) is 3.80. The lowest BCUT2D eigenvalue weighted by Crippen LogP contribution is -2.36. The van der Waals surface area contributed by atoms with E-state index in [9.17, 15) is 9.90 Å². The zero-order chi connectivity index (χ0) is 12.3. The van der Waals surface area contributed by atoms with Gasteiger partial charge in [0.15, 0.2) is 0 Å². The quantitative estimate of drug-likeness (QED) is 0.870. The van der Waals surface area contributed by atoms with E-state index in [0.29, 0.717) is 12.8 Å². The summed E-state index contributed by atoms with van der Waals surface area (Å²) in [4.78, 5) is 12.0. The van der Waals surface area contributed by atoms with Crippen LogP contribution in [0.5, 0.6) is 0 Å². The predicted octanol–water partition coefficient (Wildman–Crippen LogP) is 2.91. The number of hydrogen-bond acceptors (Lipinski definition) is 2. The van der Waals surface area contributed by atoms with E-state index in [2.05, 4.69) is 12.1 Å². The summed E-state index contributed by atoms with van der Waals surface area (Å²) in [7, 11) is 0. The molecule has 1 aromatic carbocycles. The Morgan fingerprint density at radius 2 is 2.06 bits per heavy atom. The molecule has 0 spiro atoms. The second-order valence-corrected chi connectivity index (χ2v) is 4.88. The SMILES string of the molecule is CC[C@H](O)[C@H]1C(=O)CCC[C@@H]1c1ccccc1. The van der Waals surface area contributed by atoms with Crippen molar-refractivity contribution < 1.29 is 9.90 Å². The van der Waals surface area contributed by atoms with E-state index in [1.54, 1.807) is 0 Å². The second kappa shape index (κ2) is 5.46. The molecule has 1 aromatic rings. The summed E-state index contributed by atoms with van der Waals surface area (Å²) in [6.45, 7) is 1.94. The van der Waals surface area contributed by atoms with Gasteiger partial charge in [-0.2, -0.15) is 0 Å². The summed E-state index contributed by atoms with van der Waals surface area (Å²) >= 11 is 0. The van der Waals surface area contributed by atoms with Crippen LogP contribution in [0.1, 0.15) is 44.1 Å². The third-order valence-electron chi connectivity index (χ3n) is 3.80. The molecule has 0 amide bonds. The number of Topliss-reactive ketones (excluding diaryl/α,β-unsaturated/α-hetero) is 1. The molecule has 1 fully saturated rings. The molecule has 1 N–H and O–H groups in total. The van der Waals surface area contributed by atoms with Gasteiger partial charge < -0.3 is 5.11 Å². The van der Waals surface area contributed by atoms with E-state index in [0.717, 1.165) is 12.8 Å². The summed E-state index contributed by atoms with van der Waals surface area (Å²) in [6.07, 6.45) is 2.75. The van der Waals surface area contributed by atoms with Crippen molar-refractivity contribution in [2.24, 2.45) is 5.92 Å². The average molecular weight is 232 g/mol. The van der Waals surface area contributed by atoms with Gasteiger partial charge in [-0.15, -0.1) is 0 Å². The van der Waals surface area contributed by atoms with E-state index in [-0.39, 0.29) is 17.6 Å². The van der Waals surface area contributed by atoms with Gasteiger partial charge in [-0.1, -0.05) is 37.3 Å². The minimum absolute atomic E-state index is 0.198. The van der Waals surface area contributed by atoms with Crippen molar-refractivity contribution in [2.45, 2.75) is 44.6 Å². The Kier molecular flexibility index (Phi) is 3.95. The number of benzene rings is 1. The van der Waals surface area contributed by atoms with E-state index in [4.69, 9.17) is 0 Å². The minimum Gasteiger partial charge on any atom is -0.392 e. The predicted molar refractivity (Wildman–Crippen MR) is 67.8 cm³/mol. The summed E-state index contributed by atoms with van der Waals surface area (Å²) in [6, 6.07) is 10.1. The standard InChI is InChI=1S/C15H20O2/c1-2-13(16)15-12(9-6-10-14(15)17)11-7-4-3-5-8-11/h3-5,7-8,12-13,15-16H,2,6,9-10H2,1H3/t12-,13+,15+/m1/s1. The highest BCUT2D eigenvalue weighted by Gasteiger charge is 2.36. The fraction of sp³-hybridized carbons (Fsp3) is 0.533. The molecule has 2 nitrogen and oxygen atoms in total. The molecule has 0 saturated heterocycles. The molecule has 0 aliphatic heterocycles. The molecule has 92 valence electrons. The molecule has 0 heterocycles. The maximum Gasteiger partial charge on any atom is 0.139 e. The summed E-state index contributed by atoms with van der Waals surface area (Å²) < 4.78 is 0. The Morgan fingerprint density at radius 3 is 2.71 bits per heavy atom. The van der Waals surface area contributed by atoms with Crippen molar-refractivity contribution in [3.8, 4) is 0 Å². The molecule has 0 radical (unpaired) electrons. The van der Waals surface area contributed by atoms with Crippen LogP contribution in [-0.4, -0.2) is 17.0 Å². The molecule has 17 heavy (non-hydrogen) atoms. The Morgan fingerprint density at radius 1 is 1.35 bits per heavy atom. The molecular weight excluding hydrogens is 212 g/mol. The van der Waals surface area contributed by atoms with Crippen LogP contribution >= 0.6 is 0 Å². The number of hydrogen-bond donors (Lipinski definition) is 1. The van der Waals surface area contributed by atoms with E-state index >= 15 is 0 Å². The van der Waals surface area contributed by atoms with Gasteiger partial charge in [-0.05, 0) is 30.7 Å². The monoisotopic (exact) mass is 232 g/mol. The van der Waals surface area contributed by atoms with Gasteiger partial charge in [-0.25, -0.2) is 0 Å². The number of carbonyl (C=O) groups excluding carboxylic acids is 1. The zero-order valence-electron chi connectivity index (χ0n) is 10.3. The highest BCUT2D eigenvalue weighted by atomic mass is 16.3. The largest absolute Gasteiger partial charge is 0.392 e. The first-order valence-electron chi connectivity index (χ1n) is 6.49. The van der Waals surface area contributed by atoms with Gasteiger partial charge in [0.25, 0.3) is 0 Å². The number of ketones is 1. The molecule has 0 bridgehead atoms. The van der Waals surface area contributed by atoms with Crippen LogP contribution < -0.4 is 0 Å². The fourth-order valence-electron chi connectivity index (χ4n) is 2.88. The smallest absolute Gasteiger partial charge is 0.139 e. The van der Waals surface area contributed by atoms with Gasteiger partial charge in [0.1, 0.15) is 5.78 Å². The summed E-state index contributed by atoms with van der Waals surface area (Å²) in [5.74, 6) is 0.239. The third kappa shape index (κ3) is 2.58. The van der Waals surface area contributed by atoms with Gasteiger partial charge in [0, 0.05) is 6.42 Å². The van der Waals surface area contributed by atoms with Crippen LogP contribution in [0.15, 0.2) is 30.3 Å². The van der Waals surface area contributed by atoms with Crippen LogP contribution in [0.4, 0.5) is 0 Å². The molecule has 0 unspecified atom stereocenters. The van der Waals surface area contributed by atoms with Crippen LogP contribution in [-0.2, 0) is 4.79 Å². The summed E-state index contributed by atoms with van der Waals surface area (Å²) in [5, 5.41) is 10.1. The van der Waals surface area contributed by atoms with E-state index in [1.165, 1.54) is 5.56 Å². The zero-order valence-corrected chi connectivity index (χ0v) is 10.3. The van der Waals surface area contributed by atoms with Crippen LogP contribution in [0, 0.1) is 5.92 Å². The van der Waals surface area contributed by atoms with E-state index < -0.39 is 6.10 Å². The first kappa shape index (κ1) is 12.3. The normalized spacial score (nSPS) is 26.8. The van der Waals surface area contributed by atoms with E-state index in [1.807, 2.05) is 25.1 Å². The maximum absolute atomic E-state index is 12.0. The van der Waals surface area contributed by atoms with Crippen LogP contribution in [0.25, 0.3) is 0 Å². The number of aliphatic hydroxyl groups excluding tert-OH is 1. The lowest BCUT2D eigenvalue weighted by molar-refractivity contribution is -0.129. The molecule has 3 atom stereocenters. The van der Waals surface area contributed by atoms with Gasteiger partial charge in [-0.3, -0.25) is 4.79 Å². The van der Waals surface area contributed by atoms with Gasteiger partial charge >= 0.3 is 0 Å². The average Bonchev–Trinajstić information content (AvgIpc) is 2.38. The van der Waals surface area contributed by atoms with Crippen LogP contribution in [0.2, 0.25) is 0 Å². The molecular formula is C15H20O2. The van der Waals surface area contributed by atoms with Crippen LogP contribution in [0.3, 0.4) is 0 Å². The molecule has 1 aliphatic rings. The Balaban J connectivity index is 2.27. The molecule has 0 aromatic heterocycles. The molecule has 1 saturated carbocycles. The molecule has 2 rings (SSSR count). The Hall–Kier alpha value is -1.15. The summed E-state index contributed by atoms with van der Waals surface area (Å²) in [5.41, 5.74) is 1.19. The number of aliphatic hydroxyl groups is 1. The lowest BCUT2D eigenvalue weighted by atomic mass is 9.71. The van der Waals surface area contributed by atoms with Gasteiger partial charge in [0.2, 0.25) is 0 Å². The molecule has 2 heteroatoms. The first-order chi connectivity index (χ1) is 8.24. The number of carbonyl (C=O) groups is 1. The van der Waals surface area contributed by atoms with Gasteiger partial charge in [0.05, 0.1) is 12.0 Å². The highest BCUT2D eigenvalue weighted by Crippen LogP contribution is 2.38. The molecule has 1 aliphatic carbocycles. The van der Waals surface area contributed by atoms with Crippen molar-refractivity contribution in [2.75, 3.05) is 0 Å².